The monoisotopic (exact) mass is 198 g/mol. The number of ether oxygens (including phenoxy) is 1. The van der Waals surface area contributed by atoms with Crippen LogP contribution in [-0.4, -0.2) is 17.9 Å². The van der Waals surface area contributed by atoms with Crippen molar-refractivity contribution in [3.05, 3.63) is 12.2 Å². The fraction of sp³-hybridized carbons (Fsp3) is 0.727. The molecule has 0 saturated heterocycles. The van der Waals surface area contributed by atoms with Gasteiger partial charge in [-0.25, -0.2) is 4.79 Å². The molecule has 0 aromatic carbocycles. The van der Waals surface area contributed by atoms with Gasteiger partial charge in [0, 0.05) is 5.57 Å². The van der Waals surface area contributed by atoms with Gasteiger partial charge < -0.3 is 9.84 Å². The Kier molecular flexibility index (Phi) is 4.66. The van der Waals surface area contributed by atoms with E-state index in [1.54, 1.807) is 0 Å². The standard InChI is InChI=1S/C11H18O3/c1-9(11(13)14-8-12)7-10-5-3-2-4-6-10/h10,12H,1-8H2. The molecular formula is C11H18O3. The summed E-state index contributed by atoms with van der Waals surface area (Å²) in [6.45, 7) is 3.13. The fourth-order valence-corrected chi connectivity index (χ4v) is 1.98. The number of aliphatic hydroxyl groups excluding tert-OH is 1. The van der Waals surface area contributed by atoms with E-state index < -0.39 is 12.8 Å². The summed E-state index contributed by atoms with van der Waals surface area (Å²) in [7, 11) is 0. The lowest BCUT2D eigenvalue weighted by atomic mass is 9.85. The predicted octanol–water partition coefficient (Wildman–Crippen LogP) is 2.01. The summed E-state index contributed by atoms with van der Waals surface area (Å²) in [5.74, 6) is 0.126. The Morgan fingerprint density at radius 1 is 1.36 bits per heavy atom. The van der Waals surface area contributed by atoms with Gasteiger partial charge in [0.05, 0.1) is 0 Å². The van der Waals surface area contributed by atoms with E-state index in [2.05, 4.69) is 11.3 Å². The summed E-state index contributed by atoms with van der Waals surface area (Å²) in [6, 6.07) is 0. The van der Waals surface area contributed by atoms with Crippen LogP contribution in [0.3, 0.4) is 0 Å². The summed E-state index contributed by atoms with van der Waals surface area (Å²) < 4.78 is 4.46. The summed E-state index contributed by atoms with van der Waals surface area (Å²) >= 11 is 0. The minimum absolute atomic E-state index is 0.460. The van der Waals surface area contributed by atoms with Gasteiger partial charge in [-0.1, -0.05) is 38.7 Å². The van der Waals surface area contributed by atoms with Crippen LogP contribution in [0.2, 0.25) is 0 Å². The van der Waals surface area contributed by atoms with E-state index in [9.17, 15) is 4.79 Å². The Bertz CT molecular complexity index is 205. The molecule has 14 heavy (non-hydrogen) atoms. The molecule has 1 fully saturated rings. The topological polar surface area (TPSA) is 46.5 Å². The zero-order valence-electron chi connectivity index (χ0n) is 8.50. The van der Waals surface area contributed by atoms with Gasteiger partial charge >= 0.3 is 5.97 Å². The molecule has 1 N–H and O–H groups in total. The Morgan fingerprint density at radius 2 is 2.00 bits per heavy atom. The molecule has 0 bridgehead atoms. The molecule has 0 amide bonds. The molecule has 1 aliphatic carbocycles. The number of hydrogen-bond acceptors (Lipinski definition) is 3. The van der Waals surface area contributed by atoms with Crippen molar-refractivity contribution in [2.24, 2.45) is 5.92 Å². The second-order valence-corrected chi connectivity index (χ2v) is 3.87. The quantitative estimate of drug-likeness (QED) is 0.427. The summed E-state index contributed by atoms with van der Waals surface area (Å²) in [6.07, 6.45) is 6.92. The molecule has 0 radical (unpaired) electrons. The van der Waals surface area contributed by atoms with Crippen LogP contribution in [0.4, 0.5) is 0 Å². The van der Waals surface area contributed by atoms with Gasteiger partial charge in [0.15, 0.2) is 6.79 Å². The minimum Gasteiger partial charge on any atom is -0.435 e. The molecule has 0 atom stereocenters. The minimum atomic E-state index is -0.553. The predicted molar refractivity (Wildman–Crippen MR) is 53.5 cm³/mol. The lowest BCUT2D eigenvalue weighted by Crippen LogP contribution is -2.13. The average molecular weight is 198 g/mol. The molecule has 0 spiro atoms. The Morgan fingerprint density at radius 3 is 2.57 bits per heavy atom. The highest BCUT2D eigenvalue weighted by molar-refractivity contribution is 5.87. The number of aliphatic hydroxyl groups is 1. The van der Waals surface area contributed by atoms with E-state index in [0.29, 0.717) is 11.5 Å². The molecule has 1 saturated carbocycles. The first-order valence-corrected chi connectivity index (χ1v) is 5.20. The zero-order chi connectivity index (χ0) is 10.4. The Hall–Kier alpha value is -0.830. The number of rotatable bonds is 4. The SMILES string of the molecule is C=C(CC1CCCCC1)C(=O)OCO. The van der Waals surface area contributed by atoms with Gasteiger partial charge in [-0.15, -0.1) is 0 Å². The van der Waals surface area contributed by atoms with E-state index >= 15 is 0 Å². The zero-order valence-corrected chi connectivity index (χ0v) is 8.50. The molecule has 1 aliphatic rings. The fourth-order valence-electron chi connectivity index (χ4n) is 1.98. The van der Waals surface area contributed by atoms with E-state index in [1.165, 1.54) is 32.1 Å². The molecular weight excluding hydrogens is 180 g/mol. The van der Waals surface area contributed by atoms with E-state index in [-0.39, 0.29) is 0 Å². The molecule has 0 heterocycles. The smallest absolute Gasteiger partial charge is 0.335 e. The first kappa shape index (κ1) is 11.2. The van der Waals surface area contributed by atoms with Crippen molar-refractivity contribution < 1.29 is 14.6 Å². The van der Waals surface area contributed by atoms with Gasteiger partial charge in [0.1, 0.15) is 0 Å². The highest BCUT2D eigenvalue weighted by Crippen LogP contribution is 2.28. The van der Waals surface area contributed by atoms with Crippen LogP contribution in [0.1, 0.15) is 38.5 Å². The molecule has 0 aliphatic heterocycles. The van der Waals surface area contributed by atoms with Crippen molar-refractivity contribution in [1.29, 1.82) is 0 Å². The first-order valence-electron chi connectivity index (χ1n) is 5.20. The van der Waals surface area contributed by atoms with E-state index in [4.69, 9.17) is 5.11 Å². The number of esters is 1. The Balaban J connectivity index is 2.28. The molecule has 0 aromatic heterocycles. The van der Waals surface area contributed by atoms with Crippen LogP contribution >= 0.6 is 0 Å². The van der Waals surface area contributed by atoms with E-state index in [0.717, 1.165) is 6.42 Å². The third-order valence-corrected chi connectivity index (χ3v) is 2.74. The maximum atomic E-state index is 11.1. The van der Waals surface area contributed by atoms with Crippen LogP contribution in [-0.2, 0) is 9.53 Å². The molecule has 3 heteroatoms. The molecule has 0 unspecified atom stereocenters. The van der Waals surface area contributed by atoms with Gasteiger partial charge in [-0.2, -0.15) is 0 Å². The highest BCUT2D eigenvalue weighted by Gasteiger charge is 2.17. The number of hydrogen-bond donors (Lipinski definition) is 1. The van der Waals surface area contributed by atoms with Crippen molar-refractivity contribution in [3.63, 3.8) is 0 Å². The van der Waals surface area contributed by atoms with Crippen molar-refractivity contribution >= 4 is 5.97 Å². The van der Waals surface area contributed by atoms with Gasteiger partial charge in [0.25, 0.3) is 0 Å². The average Bonchev–Trinajstić information content (AvgIpc) is 2.19. The van der Waals surface area contributed by atoms with Crippen molar-refractivity contribution in [1.82, 2.24) is 0 Å². The third-order valence-electron chi connectivity index (χ3n) is 2.74. The van der Waals surface area contributed by atoms with Crippen LogP contribution in [0.5, 0.6) is 0 Å². The lowest BCUT2D eigenvalue weighted by molar-refractivity contribution is -0.147. The number of carbonyl (C=O) groups is 1. The van der Waals surface area contributed by atoms with Gasteiger partial charge in [-0.05, 0) is 12.3 Å². The molecule has 1 rings (SSSR count). The lowest BCUT2D eigenvalue weighted by Gasteiger charge is -2.21. The van der Waals surface area contributed by atoms with Gasteiger partial charge in [0.2, 0.25) is 0 Å². The van der Waals surface area contributed by atoms with Crippen LogP contribution in [0.25, 0.3) is 0 Å². The summed E-state index contributed by atoms with van der Waals surface area (Å²) in [5, 5.41) is 8.41. The van der Waals surface area contributed by atoms with E-state index in [1.807, 2.05) is 0 Å². The van der Waals surface area contributed by atoms with Crippen molar-refractivity contribution in [3.8, 4) is 0 Å². The van der Waals surface area contributed by atoms with Crippen LogP contribution < -0.4 is 0 Å². The first-order chi connectivity index (χ1) is 6.74. The third kappa shape index (κ3) is 3.50. The van der Waals surface area contributed by atoms with Crippen molar-refractivity contribution in [2.75, 3.05) is 6.79 Å². The van der Waals surface area contributed by atoms with Gasteiger partial charge in [-0.3, -0.25) is 0 Å². The maximum Gasteiger partial charge on any atom is 0.335 e. The largest absolute Gasteiger partial charge is 0.435 e. The summed E-state index contributed by atoms with van der Waals surface area (Å²) in [5.41, 5.74) is 0.492. The van der Waals surface area contributed by atoms with Crippen LogP contribution in [0.15, 0.2) is 12.2 Å². The maximum absolute atomic E-state index is 11.1. The normalized spacial score (nSPS) is 17.8. The molecule has 3 nitrogen and oxygen atoms in total. The highest BCUT2D eigenvalue weighted by atomic mass is 16.6. The number of carbonyl (C=O) groups excluding carboxylic acids is 1. The summed E-state index contributed by atoms with van der Waals surface area (Å²) in [4.78, 5) is 11.1. The second kappa shape index (κ2) is 5.81. The Labute approximate surface area is 84.8 Å². The van der Waals surface area contributed by atoms with Crippen LogP contribution in [0, 0.1) is 5.92 Å². The molecule has 0 aromatic rings. The van der Waals surface area contributed by atoms with Crippen molar-refractivity contribution in [2.45, 2.75) is 38.5 Å². The second-order valence-electron chi connectivity index (χ2n) is 3.87. The molecule has 80 valence electrons.